The minimum absolute atomic E-state index is 0.0850. The van der Waals surface area contributed by atoms with Crippen LogP contribution in [0.5, 0.6) is 0 Å². The number of nitrogens with zero attached hydrogens (tertiary/aromatic N) is 3. The summed E-state index contributed by atoms with van der Waals surface area (Å²) in [5.74, 6) is -0.969. The molecule has 8 heteroatoms. The van der Waals surface area contributed by atoms with E-state index in [9.17, 15) is 14.9 Å². The third-order valence-electron chi connectivity index (χ3n) is 2.57. The lowest BCUT2D eigenvalue weighted by molar-refractivity contribution is -0.388. The zero-order chi connectivity index (χ0) is 14.6. The summed E-state index contributed by atoms with van der Waals surface area (Å²) in [6.45, 7) is 5.78. The van der Waals surface area contributed by atoms with Crippen molar-refractivity contribution < 1.29 is 14.8 Å². The Morgan fingerprint density at radius 2 is 2.21 bits per heavy atom. The molecule has 0 fully saturated rings. The van der Waals surface area contributed by atoms with E-state index in [0.29, 0.717) is 23.7 Å². The standard InChI is InChI=1S/C11H17N3O4S/c1-4-6-13-10(19-8(5-2)11(15)16)9(14(17)18)7(3)12-13/h8H,4-6H2,1-3H3,(H,15,16). The van der Waals surface area contributed by atoms with Crippen LogP contribution in [0.25, 0.3) is 0 Å². The molecule has 1 unspecified atom stereocenters. The van der Waals surface area contributed by atoms with Gasteiger partial charge in [0.1, 0.15) is 10.9 Å². The van der Waals surface area contributed by atoms with E-state index >= 15 is 0 Å². The van der Waals surface area contributed by atoms with Gasteiger partial charge in [0.05, 0.1) is 4.92 Å². The van der Waals surface area contributed by atoms with E-state index < -0.39 is 16.1 Å². The molecule has 0 aliphatic carbocycles. The predicted molar refractivity (Wildman–Crippen MR) is 71.5 cm³/mol. The molecule has 0 aliphatic rings. The summed E-state index contributed by atoms with van der Waals surface area (Å²) in [5.41, 5.74) is 0.236. The van der Waals surface area contributed by atoms with Crippen LogP contribution in [0.2, 0.25) is 0 Å². The normalized spacial score (nSPS) is 12.4. The Balaban J connectivity index is 3.21. The Kier molecular flexibility index (Phi) is 5.34. The Hall–Kier alpha value is -1.57. The summed E-state index contributed by atoms with van der Waals surface area (Å²) >= 11 is 0.998. The molecule has 1 aromatic heterocycles. The van der Waals surface area contributed by atoms with E-state index in [4.69, 9.17) is 5.11 Å². The lowest BCUT2D eigenvalue weighted by atomic mass is 10.3. The summed E-state index contributed by atoms with van der Waals surface area (Å²) in [6, 6.07) is 0. The average molecular weight is 287 g/mol. The van der Waals surface area contributed by atoms with Crippen molar-refractivity contribution in [3.63, 3.8) is 0 Å². The average Bonchev–Trinajstić information content (AvgIpc) is 2.62. The molecular formula is C11H17N3O4S. The van der Waals surface area contributed by atoms with Crippen molar-refractivity contribution in [2.75, 3.05) is 0 Å². The molecule has 106 valence electrons. The number of thioether (sulfide) groups is 1. The maximum Gasteiger partial charge on any atom is 0.323 e. The number of aryl methyl sites for hydroxylation is 2. The molecule has 0 saturated carbocycles. The monoisotopic (exact) mass is 287 g/mol. The van der Waals surface area contributed by atoms with Crippen molar-refractivity contribution in [2.24, 2.45) is 0 Å². The summed E-state index contributed by atoms with van der Waals surface area (Å²) in [7, 11) is 0. The summed E-state index contributed by atoms with van der Waals surface area (Å²) in [6.07, 6.45) is 1.17. The van der Waals surface area contributed by atoms with Gasteiger partial charge in [0.25, 0.3) is 0 Å². The van der Waals surface area contributed by atoms with Crippen molar-refractivity contribution in [3.05, 3.63) is 15.8 Å². The number of aliphatic carboxylic acids is 1. The Morgan fingerprint density at radius 3 is 2.63 bits per heavy atom. The van der Waals surface area contributed by atoms with Gasteiger partial charge in [-0.2, -0.15) is 5.10 Å². The van der Waals surface area contributed by atoms with Crippen LogP contribution in [-0.2, 0) is 11.3 Å². The minimum atomic E-state index is -0.969. The maximum absolute atomic E-state index is 11.1. The van der Waals surface area contributed by atoms with Gasteiger partial charge in [0.15, 0.2) is 5.03 Å². The molecule has 0 spiro atoms. The van der Waals surface area contributed by atoms with Crippen molar-refractivity contribution in [3.8, 4) is 0 Å². The molecule has 0 radical (unpaired) electrons. The van der Waals surface area contributed by atoms with Crippen LogP contribution in [0.1, 0.15) is 32.4 Å². The maximum atomic E-state index is 11.1. The molecule has 7 nitrogen and oxygen atoms in total. The lowest BCUT2D eigenvalue weighted by Gasteiger charge is -2.10. The van der Waals surface area contributed by atoms with Gasteiger partial charge in [-0.3, -0.25) is 19.6 Å². The Bertz CT molecular complexity index is 487. The molecule has 0 aliphatic heterocycles. The van der Waals surface area contributed by atoms with Crippen LogP contribution in [0.15, 0.2) is 5.03 Å². The van der Waals surface area contributed by atoms with Crippen molar-refractivity contribution in [2.45, 2.75) is 50.4 Å². The number of hydrogen-bond acceptors (Lipinski definition) is 5. The third-order valence-corrected chi connectivity index (χ3v) is 4.02. The Labute approximate surface area is 115 Å². The van der Waals surface area contributed by atoms with Crippen LogP contribution < -0.4 is 0 Å². The molecule has 1 atom stereocenters. The van der Waals surface area contributed by atoms with Gasteiger partial charge in [-0.15, -0.1) is 0 Å². The quantitative estimate of drug-likeness (QED) is 0.470. The number of rotatable bonds is 7. The van der Waals surface area contributed by atoms with E-state index in [1.54, 1.807) is 13.8 Å². The molecule has 0 aromatic carbocycles. The number of carboxylic acids is 1. The minimum Gasteiger partial charge on any atom is -0.480 e. The van der Waals surface area contributed by atoms with Crippen LogP contribution >= 0.6 is 11.8 Å². The molecule has 1 N–H and O–H groups in total. The van der Waals surface area contributed by atoms with Gasteiger partial charge in [-0.25, -0.2) is 0 Å². The topological polar surface area (TPSA) is 98.3 Å². The van der Waals surface area contributed by atoms with Crippen LogP contribution in [-0.4, -0.2) is 31.0 Å². The second kappa shape index (κ2) is 6.55. The highest BCUT2D eigenvalue weighted by Crippen LogP contribution is 2.35. The van der Waals surface area contributed by atoms with E-state index in [1.807, 2.05) is 6.92 Å². The summed E-state index contributed by atoms with van der Waals surface area (Å²) < 4.78 is 1.53. The number of hydrogen-bond donors (Lipinski definition) is 1. The molecule has 1 aromatic rings. The first-order valence-corrected chi connectivity index (χ1v) is 6.91. The highest BCUT2D eigenvalue weighted by Gasteiger charge is 2.29. The van der Waals surface area contributed by atoms with E-state index in [0.717, 1.165) is 18.2 Å². The van der Waals surface area contributed by atoms with Crippen molar-refractivity contribution in [1.29, 1.82) is 0 Å². The largest absolute Gasteiger partial charge is 0.480 e. The second-order valence-corrected chi connectivity index (χ2v) is 5.26. The number of carboxylic acid groups (broad SMARTS) is 1. The molecule has 1 heterocycles. The van der Waals surface area contributed by atoms with Gasteiger partial charge in [0.2, 0.25) is 0 Å². The SMILES string of the molecule is CCCn1nc(C)c([N+](=O)[O-])c1SC(CC)C(=O)O. The summed E-state index contributed by atoms with van der Waals surface area (Å²) in [5, 5.41) is 23.9. The molecular weight excluding hydrogens is 270 g/mol. The second-order valence-electron chi connectivity index (χ2n) is 4.07. The first-order valence-electron chi connectivity index (χ1n) is 6.03. The van der Waals surface area contributed by atoms with Crippen molar-refractivity contribution in [1.82, 2.24) is 9.78 Å². The fourth-order valence-corrected chi connectivity index (χ4v) is 2.81. The fourth-order valence-electron chi connectivity index (χ4n) is 1.68. The first kappa shape index (κ1) is 15.5. The van der Waals surface area contributed by atoms with Gasteiger partial charge in [0, 0.05) is 6.54 Å². The molecule has 19 heavy (non-hydrogen) atoms. The van der Waals surface area contributed by atoms with E-state index in [1.165, 1.54) is 4.68 Å². The Morgan fingerprint density at radius 1 is 1.58 bits per heavy atom. The van der Waals surface area contributed by atoms with Crippen LogP contribution in [0.3, 0.4) is 0 Å². The van der Waals surface area contributed by atoms with Crippen LogP contribution in [0.4, 0.5) is 5.69 Å². The molecule has 0 bridgehead atoms. The van der Waals surface area contributed by atoms with Crippen LogP contribution in [0, 0.1) is 17.0 Å². The zero-order valence-corrected chi connectivity index (χ0v) is 11.9. The summed E-state index contributed by atoms with van der Waals surface area (Å²) in [4.78, 5) is 21.7. The molecule has 0 amide bonds. The third kappa shape index (κ3) is 3.46. The zero-order valence-electron chi connectivity index (χ0n) is 11.1. The number of carbonyl (C=O) groups is 1. The van der Waals surface area contributed by atoms with E-state index in [2.05, 4.69) is 5.10 Å². The lowest BCUT2D eigenvalue weighted by Crippen LogP contribution is -2.16. The fraction of sp³-hybridized carbons (Fsp3) is 0.636. The van der Waals surface area contributed by atoms with Gasteiger partial charge in [-0.1, -0.05) is 25.6 Å². The van der Waals surface area contributed by atoms with Gasteiger partial charge in [-0.05, 0) is 19.8 Å². The first-order chi connectivity index (χ1) is 8.92. The highest BCUT2D eigenvalue weighted by atomic mass is 32.2. The van der Waals surface area contributed by atoms with Crippen molar-refractivity contribution >= 4 is 23.4 Å². The van der Waals surface area contributed by atoms with Gasteiger partial charge >= 0.3 is 11.7 Å². The van der Waals surface area contributed by atoms with E-state index in [-0.39, 0.29) is 5.69 Å². The number of nitro groups is 1. The molecule has 1 rings (SSSR count). The number of aromatic nitrogens is 2. The predicted octanol–water partition coefficient (Wildman–Crippen LogP) is 2.47. The smallest absolute Gasteiger partial charge is 0.323 e. The highest BCUT2D eigenvalue weighted by molar-refractivity contribution is 8.00. The van der Waals surface area contributed by atoms with Gasteiger partial charge < -0.3 is 5.11 Å². The molecule has 0 saturated heterocycles.